The molecule has 0 aromatic carbocycles. The minimum absolute atomic E-state index is 0.0852. The lowest BCUT2D eigenvalue weighted by atomic mass is 10.0. The highest BCUT2D eigenvalue weighted by molar-refractivity contribution is 5.71. The summed E-state index contributed by atoms with van der Waals surface area (Å²) in [5.41, 5.74) is 0. The van der Waals surface area contributed by atoms with E-state index in [9.17, 15) is 14.4 Å². The molecule has 0 aliphatic carbocycles. The Morgan fingerprint density at radius 1 is 0.259 bits per heavy atom. The maximum absolute atomic E-state index is 12.9. The molecular formula is C75H134O6. The van der Waals surface area contributed by atoms with Crippen LogP contribution in [0.5, 0.6) is 0 Å². The van der Waals surface area contributed by atoms with Gasteiger partial charge in [-0.1, -0.05) is 318 Å². The number of esters is 3. The number of hydrogen-bond donors (Lipinski definition) is 0. The molecule has 0 amide bonds. The van der Waals surface area contributed by atoms with Crippen LogP contribution in [0.1, 0.15) is 367 Å². The molecule has 0 aromatic heterocycles. The van der Waals surface area contributed by atoms with E-state index in [2.05, 4.69) is 93.7 Å². The molecule has 1 atom stereocenters. The van der Waals surface area contributed by atoms with Crippen LogP contribution in [-0.2, 0) is 28.6 Å². The molecule has 0 rings (SSSR count). The van der Waals surface area contributed by atoms with Gasteiger partial charge in [0.1, 0.15) is 13.2 Å². The summed E-state index contributed by atoms with van der Waals surface area (Å²) in [5.74, 6) is -0.904. The number of allylic oxidation sites excluding steroid dienone is 12. The number of ether oxygens (including phenoxy) is 3. The SMILES string of the molecule is CC/C=C\C/C=C\C/C=C\C/C=C\CCCCCCC(=O)OC(COC(=O)CCCCCCC/C=C\CCCC)COC(=O)CCCCCCCCCCCCCCCCCCCCCCCCC/C=C\CCCCCCCCCC. The number of carbonyl (C=O) groups excluding carboxylic acids is 3. The number of unbranched alkanes of at least 4 members (excludes halogenated alkanes) is 42. The molecule has 0 N–H and O–H groups in total. The van der Waals surface area contributed by atoms with Crippen LogP contribution in [0, 0.1) is 0 Å². The van der Waals surface area contributed by atoms with Gasteiger partial charge in [-0.05, 0) is 103 Å². The first-order valence-corrected chi connectivity index (χ1v) is 35.4. The fourth-order valence-corrected chi connectivity index (χ4v) is 10.4. The maximum atomic E-state index is 12.9. The maximum Gasteiger partial charge on any atom is 0.306 e. The van der Waals surface area contributed by atoms with E-state index in [1.165, 1.54) is 225 Å². The van der Waals surface area contributed by atoms with Crippen LogP contribution < -0.4 is 0 Å². The van der Waals surface area contributed by atoms with Crippen molar-refractivity contribution in [3.8, 4) is 0 Å². The second-order valence-corrected chi connectivity index (χ2v) is 23.8. The Bertz CT molecular complexity index is 1490. The summed E-state index contributed by atoms with van der Waals surface area (Å²) in [4.78, 5) is 38.3. The molecule has 0 bridgehead atoms. The van der Waals surface area contributed by atoms with Crippen LogP contribution in [0.25, 0.3) is 0 Å². The molecule has 81 heavy (non-hydrogen) atoms. The summed E-state index contributed by atoms with van der Waals surface area (Å²) in [6, 6.07) is 0. The highest BCUT2D eigenvalue weighted by atomic mass is 16.6. The molecule has 0 radical (unpaired) electrons. The summed E-state index contributed by atoms with van der Waals surface area (Å²) in [7, 11) is 0. The van der Waals surface area contributed by atoms with Crippen molar-refractivity contribution in [1.29, 1.82) is 0 Å². The van der Waals surface area contributed by atoms with Crippen LogP contribution >= 0.6 is 0 Å². The van der Waals surface area contributed by atoms with Gasteiger partial charge in [-0.3, -0.25) is 14.4 Å². The second kappa shape index (κ2) is 69.3. The second-order valence-electron chi connectivity index (χ2n) is 23.8. The quantitative estimate of drug-likeness (QED) is 0.0261. The lowest BCUT2D eigenvalue weighted by Crippen LogP contribution is -2.30. The van der Waals surface area contributed by atoms with Crippen molar-refractivity contribution in [1.82, 2.24) is 0 Å². The Balaban J connectivity index is 4.07. The van der Waals surface area contributed by atoms with Crippen molar-refractivity contribution in [3.63, 3.8) is 0 Å². The van der Waals surface area contributed by atoms with Crippen molar-refractivity contribution in [3.05, 3.63) is 72.9 Å². The van der Waals surface area contributed by atoms with Gasteiger partial charge in [0.25, 0.3) is 0 Å². The van der Waals surface area contributed by atoms with Crippen LogP contribution in [-0.4, -0.2) is 37.2 Å². The summed E-state index contributed by atoms with van der Waals surface area (Å²) in [6.45, 7) is 6.50. The summed E-state index contributed by atoms with van der Waals surface area (Å²) in [6.07, 6.45) is 91.1. The number of hydrogen-bond acceptors (Lipinski definition) is 6. The van der Waals surface area contributed by atoms with E-state index in [1.54, 1.807) is 0 Å². The normalized spacial score (nSPS) is 12.5. The molecule has 0 saturated heterocycles. The molecule has 0 heterocycles. The molecule has 0 saturated carbocycles. The van der Waals surface area contributed by atoms with E-state index in [4.69, 9.17) is 14.2 Å². The third-order valence-corrected chi connectivity index (χ3v) is 15.7. The molecule has 6 nitrogen and oxygen atoms in total. The average molecular weight is 1130 g/mol. The van der Waals surface area contributed by atoms with Gasteiger partial charge >= 0.3 is 17.9 Å². The van der Waals surface area contributed by atoms with Crippen LogP contribution in [0.4, 0.5) is 0 Å². The fraction of sp³-hybridized carbons (Fsp3) is 0.800. The molecule has 0 aromatic rings. The molecule has 0 aliphatic heterocycles. The zero-order valence-electron chi connectivity index (χ0n) is 54.1. The third kappa shape index (κ3) is 67.5. The molecule has 0 aliphatic rings. The first kappa shape index (κ1) is 77.9. The van der Waals surface area contributed by atoms with Crippen molar-refractivity contribution in [2.45, 2.75) is 374 Å². The third-order valence-electron chi connectivity index (χ3n) is 15.7. The number of rotatable bonds is 65. The molecular weight excluding hydrogens is 997 g/mol. The first-order valence-electron chi connectivity index (χ1n) is 35.4. The predicted molar refractivity (Wildman–Crippen MR) is 353 cm³/mol. The van der Waals surface area contributed by atoms with Crippen molar-refractivity contribution >= 4 is 17.9 Å². The molecule has 1 unspecified atom stereocenters. The predicted octanol–water partition coefficient (Wildman–Crippen LogP) is 24.4. The van der Waals surface area contributed by atoms with E-state index in [0.717, 1.165) is 103 Å². The average Bonchev–Trinajstić information content (AvgIpc) is 3.47. The fourth-order valence-electron chi connectivity index (χ4n) is 10.4. The standard InChI is InChI=1S/C75H134O6/c1-4-7-10-13-16-19-22-24-26-28-29-30-31-32-33-34-35-36-37-38-39-40-41-42-43-44-45-47-48-50-53-56-59-62-65-68-74(77)80-71-72(70-79-73(76)67-64-61-58-55-52-21-18-15-12-9-6-3)81-75(78)69-66-63-60-57-54-51-49-46-27-25-23-20-17-14-11-8-5-2/h8,11,15,17-18,20,25,27-29,49,51,72H,4-7,9-10,12-14,16,19,21-24,26,30-48,50,52-71H2,1-3H3/b11-8-,18-15-,20-17-,27-25-,29-28-,51-49-. The van der Waals surface area contributed by atoms with Crippen LogP contribution in [0.15, 0.2) is 72.9 Å². The highest BCUT2D eigenvalue weighted by Crippen LogP contribution is 2.18. The molecule has 0 spiro atoms. The zero-order chi connectivity index (χ0) is 58.5. The topological polar surface area (TPSA) is 78.9 Å². The Morgan fingerprint density at radius 2 is 0.494 bits per heavy atom. The van der Waals surface area contributed by atoms with Gasteiger partial charge in [0.05, 0.1) is 0 Å². The van der Waals surface area contributed by atoms with E-state index < -0.39 is 6.10 Å². The smallest absolute Gasteiger partial charge is 0.306 e. The van der Waals surface area contributed by atoms with E-state index in [1.807, 2.05) is 0 Å². The lowest BCUT2D eigenvalue weighted by molar-refractivity contribution is -0.167. The Labute approximate surface area is 503 Å². The summed E-state index contributed by atoms with van der Waals surface area (Å²) in [5, 5.41) is 0. The van der Waals surface area contributed by atoms with Crippen LogP contribution in [0.2, 0.25) is 0 Å². The first-order chi connectivity index (χ1) is 40.0. The van der Waals surface area contributed by atoms with Gasteiger partial charge in [0.2, 0.25) is 0 Å². The minimum Gasteiger partial charge on any atom is -0.462 e. The number of carbonyl (C=O) groups is 3. The van der Waals surface area contributed by atoms with E-state index in [-0.39, 0.29) is 31.1 Å². The van der Waals surface area contributed by atoms with Crippen molar-refractivity contribution < 1.29 is 28.6 Å². The van der Waals surface area contributed by atoms with Gasteiger partial charge in [-0.2, -0.15) is 0 Å². The Kier molecular flexibility index (Phi) is 66.6. The molecule has 470 valence electrons. The Hall–Kier alpha value is -3.15. The van der Waals surface area contributed by atoms with Gasteiger partial charge < -0.3 is 14.2 Å². The molecule has 6 heteroatoms. The largest absolute Gasteiger partial charge is 0.462 e. The summed E-state index contributed by atoms with van der Waals surface area (Å²) >= 11 is 0. The lowest BCUT2D eigenvalue weighted by Gasteiger charge is -2.18. The van der Waals surface area contributed by atoms with Gasteiger partial charge in [-0.15, -0.1) is 0 Å². The van der Waals surface area contributed by atoms with E-state index >= 15 is 0 Å². The van der Waals surface area contributed by atoms with Crippen molar-refractivity contribution in [2.75, 3.05) is 13.2 Å². The zero-order valence-corrected chi connectivity index (χ0v) is 54.1. The molecule has 0 fully saturated rings. The van der Waals surface area contributed by atoms with Gasteiger partial charge in [0, 0.05) is 19.3 Å². The summed E-state index contributed by atoms with van der Waals surface area (Å²) < 4.78 is 16.9. The van der Waals surface area contributed by atoms with Gasteiger partial charge in [0.15, 0.2) is 6.10 Å². The monoisotopic (exact) mass is 1130 g/mol. The minimum atomic E-state index is -0.791. The highest BCUT2D eigenvalue weighted by Gasteiger charge is 2.19. The van der Waals surface area contributed by atoms with E-state index in [0.29, 0.717) is 19.3 Å². The Morgan fingerprint density at radius 3 is 0.802 bits per heavy atom. The van der Waals surface area contributed by atoms with Crippen LogP contribution in [0.3, 0.4) is 0 Å². The van der Waals surface area contributed by atoms with Gasteiger partial charge in [-0.25, -0.2) is 0 Å². The van der Waals surface area contributed by atoms with Crippen molar-refractivity contribution in [2.24, 2.45) is 0 Å².